The molecule has 2 N–H and O–H groups in total. The Kier molecular flexibility index (Phi) is 4.67. The predicted octanol–water partition coefficient (Wildman–Crippen LogP) is 1.55. The molecule has 1 nitrogen and oxygen atoms in total. The van der Waals surface area contributed by atoms with Gasteiger partial charge in [0.05, 0.1) is 0 Å². The minimum Gasteiger partial charge on any atom is -0.327 e. The lowest BCUT2D eigenvalue weighted by Gasteiger charge is -1.94. The summed E-state index contributed by atoms with van der Waals surface area (Å²) in [7, 11) is 0. The number of nitrogens with two attached hydrogens (primary N) is 1. The highest BCUT2D eigenvalue weighted by Gasteiger charge is 1.84. The normalized spacial score (nSPS) is 11.5. The predicted molar refractivity (Wildman–Crippen MR) is 37.6 cm³/mol. The van der Waals surface area contributed by atoms with Gasteiger partial charge in [-0.3, -0.25) is 0 Å². The molecule has 8 heavy (non-hydrogen) atoms. The first-order valence-corrected chi connectivity index (χ1v) is 3.12. The van der Waals surface area contributed by atoms with Gasteiger partial charge in [-0.25, -0.2) is 0 Å². The molecule has 0 aliphatic rings. The standard InChI is InChI=1S/C7H15N/c1-7(2)5-3-4-6-8/h3-4,7H,5-6,8H2,1-2H3. The highest BCUT2D eigenvalue weighted by atomic mass is 14.5. The van der Waals surface area contributed by atoms with Crippen LogP contribution in [0.5, 0.6) is 0 Å². The van der Waals surface area contributed by atoms with Crippen molar-refractivity contribution in [2.75, 3.05) is 6.54 Å². The summed E-state index contributed by atoms with van der Waals surface area (Å²) >= 11 is 0. The van der Waals surface area contributed by atoms with Crippen molar-refractivity contribution in [2.24, 2.45) is 11.7 Å². The van der Waals surface area contributed by atoms with Gasteiger partial charge in [0.15, 0.2) is 0 Å². The first-order chi connectivity index (χ1) is 3.77. The van der Waals surface area contributed by atoms with Gasteiger partial charge in [-0.15, -0.1) is 0 Å². The zero-order valence-corrected chi connectivity index (χ0v) is 5.72. The molecule has 0 aromatic carbocycles. The highest BCUT2D eigenvalue weighted by molar-refractivity contribution is 4.82. The summed E-state index contributed by atoms with van der Waals surface area (Å²) in [6, 6.07) is 0. The van der Waals surface area contributed by atoms with Crippen LogP contribution in [0.1, 0.15) is 20.3 Å². The second kappa shape index (κ2) is 4.85. The van der Waals surface area contributed by atoms with Gasteiger partial charge in [-0.05, 0) is 12.3 Å². The first-order valence-electron chi connectivity index (χ1n) is 3.12. The van der Waals surface area contributed by atoms with Gasteiger partial charge in [0.25, 0.3) is 0 Å². The molecule has 0 atom stereocenters. The summed E-state index contributed by atoms with van der Waals surface area (Å²) in [5.74, 6) is 0.762. The zero-order valence-electron chi connectivity index (χ0n) is 5.72. The Morgan fingerprint density at radius 2 is 2.00 bits per heavy atom. The summed E-state index contributed by atoms with van der Waals surface area (Å²) in [5.41, 5.74) is 5.23. The van der Waals surface area contributed by atoms with Crippen LogP contribution in [0.4, 0.5) is 0 Å². The van der Waals surface area contributed by atoms with Gasteiger partial charge in [0.2, 0.25) is 0 Å². The smallest absolute Gasteiger partial charge is 0.0106 e. The lowest BCUT2D eigenvalue weighted by molar-refractivity contribution is 0.663. The maximum Gasteiger partial charge on any atom is 0.0106 e. The Balaban J connectivity index is 3.03. The Morgan fingerprint density at radius 1 is 1.38 bits per heavy atom. The quantitative estimate of drug-likeness (QED) is 0.552. The Labute approximate surface area is 51.6 Å². The fourth-order valence-corrected chi connectivity index (χ4v) is 0.465. The second-order valence-electron chi connectivity index (χ2n) is 2.34. The molecule has 0 aromatic rings. The van der Waals surface area contributed by atoms with Gasteiger partial charge in [-0.2, -0.15) is 0 Å². The first kappa shape index (κ1) is 7.70. The van der Waals surface area contributed by atoms with E-state index in [1.807, 2.05) is 6.08 Å². The van der Waals surface area contributed by atoms with Crippen molar-refractivity contribution in [3.05, 3.63) is 12.2 Å². The third-order valence-corrected chi connectivity index (χ3v) is 0.910. The van der Waals surface area contributed by atoms with E-state index in [1.165, 1.54) is 0 Å². The monoisotopic (exact) mass is 113 g/mol. The van der Waals surface area contributed by atoms with Crippen molar-refractivity contribution < 1.29 is 0 Å². The maximum atomic E-state index is 5.23. The Bertz CT molecular complexity index is 64.8. The van der Waals surface area contributed by atoms with Crippen molar-refractivity contribution in [1.29, 1.82) is 0 Å². The average molecular weight is 113 g/mol. The largest absolute Gasteiger partial charge is 0.327 e. The lowest BCUT2D eigenvalue weighted by Crippen LogP contribution is -1.92. The molecule has 0 fully saturated rings. The Hall–Kier alpha value is -0.300. The molecule has 0 aliphatic carbocycles. The van der Waals surface area contributed by atoms with Crippen LogP contribution in [0.25, 0.3) is 0 Å². The van der Waals surface area contributed by atoms with E-state index < -0.39 is 0 Å². The van der Waals surface area contributed by atoms with Gasteiger partial charge in [-0.1, -0.05) is 26.0 Å². The topological polar surface area (TPSA) is 26.0 Å². The molecule has 0 amide bonds. The molecule has 0 heterocycles. The molecule has 1 heteroatoms. The molecular formula is C7H15N. The molecule has 0 rings (SSSR count). The van der Waals surface area contributed by atoms with Gasteiger partial charge >= 0.3 is 0 Å². The van der Waals surface area contributed by atoms with Crippen molar-refractivity contribution >= 4 is 0 Å². The lowest BCUT2D eigenvalue weighted by atomic mass is 10.1. The van der Waals surface area contributed by atoms with E-state index in [9.17, 15) is 0 Å². The maximum absolute atomic E-state index is 5.23. The minimum atomic E-state index is 0.673. The summed E-state index contributed by atoms with van der Waals surface area (Å²) in [4.78, 5) is 0. The second-order valence-corrected chi connectivity index (χ2v) is 2.34. The van der Waals surface area contributed by atoms with Gasteiger partial charge < -0.3 is 5.73 Å². The van der Waals surface area contributed by atoms with Crippen LogP contribution in [-0.2, 0) is 0 Å². The van der Waals surface area contributed by atoms with E-state index in [4.69, 9.17) is 5.73 Å². The van der Waals surface area contributed by atoms with E-state index in [0.29, 0.717) is 6.54 Å². The zero-order chi connectivity index (χ0) is 6.41. The third kappa shape index (κ3) is 5.70. The van der Waals surface area contributed by atoms with Crippen LogP contribution in [0.3, 0.4) is 0 Å². The SMILES string of the molecule is CC(C)CC=CCN. The fourth-order valence-electron chi connectivity index (χ4n) is 0.465. The third-order valence-electron chi connectivity index (χ3n) is 0.910. The van der Waals surface area contributed by atoms with Crippen molar-refractivity contribution in [3.63, 3.8) is 0 Å². The molecule has 0 spiro atoms. The van der Waals surface area contributed by atoms with Crippen LogP contribution in [-0.4, -0.2) is 6.54 Å². The molecular weight excluding hydrogens is 98.1 g/mol. The fraction of sp³-hybridized carbons (Fsp3) is 0.714. The summed E-state index contributed by atoms with van der Waals surface area (Å²) in [5, 5.41) is 0. The number of hydrogen-bond acceptors (Lipinski definition) is 1. The van der Waals surface area contributed by atoms with E-state index >= 15 is 0 Å². The average Bonchev–Trinajstić information content (AvgIpc) is 1.66. The van der Waals surface area contributed by atoms with Gasteiger partial charge in [0, 0.05) is 6.54 Å². The molecule has 0 bridgehead atoms. The van der Waals surface area contributed by atoms with Crippen LogP contribution < -0.4 is 5.73 Å². The van der Waals surface area contributed by atoms with E-state index in [0.717, 1.165) is 12.3 Å². The van der Waals surface area contributed by atoms with Crippen LogP contribution >= 0.6 is 0 Å². The molecule has 0 saturated carbocycles. The van der Waals surface area contributed by atoms with Crippen molar-refractivity contribution in [2.45, 2.75) is 20.3 Å². The van der Waals surface area contributed by atoms with Gasteiger partial charge in [0.1, 0.15) is 0 Å². The van der Waals surface area contributed by atoms with Crippen LogP contribution in [0, 0.1) is 5.92 Å². The summed E-state index contributed by atoms with van der Waals surface area (Å²) < 4.78 is 0. The minimum absolute atomic E-state index is 0.673. The molecule has 0 unspecified atom stereocenters. The van der Waals surface area contributed by atoms with Crippen LogP contribution in [0.2, 0.25) is 0 Å². The summed E-state index contributed by atoms with van der Waals surface area (Å²) in [6.45, 7) is 5.06. The summed E-state index contributed by atoms with van der Waals surface area (Å²) in [6.07, 6.45) is 5.28. The number of rotatable bonds is 3. The highest BCUT2D eigenvalue weighted by Crippen LogP contribution is 1.98. The number of allylic oxidation sites excluding steroid dienone is 1. The van der Waals surface area contributed by atoms with E-state index in [-0.39, 0.29) is 0 Å². The Morgan fingerprint density at radius 3 is 2.38 bits per heavy atom. The molecule has 0 saturated heterocycles. The number of hydrogen-bond donors (Lipinski definition) is 1. The van der Waals surface area contributed by atoms with Crippen molar-refractivity contribution in [3.8, 4) is 0 Å². The van der Waals surface area contributed by atoms with E-state index in [2.05, 4.69) is 19.9 Å². The van der Waals surface area contributed by atoms with Crippen LogP contribution in [0.15, 0.2) is 12.2 Å². The van der Waals surface area contributed by atoms with E-state index in [1.54, 1.807) is 0 Å². The molecule has 0 aliphatic heterocycles. The molecule has 48 valence electrons. The molecule has 0 aromatic heterocycles. The van der Waals surface area contributed by atoms with Crippen molar-refractivity contribution in [1.82, 2.24) is 0 Å². The molecule has 0 radical (unpaired) electrons.